The van der Waals surface area contributed by atoms with Crippen molar-refractivity contribution in [3.8, 4) is 0 Å². The average molecular weight is 339 g/mol. The van der Waals surface area contributed by atoms with Gasteiger partial charge in [0.25, 0.3) is 10.0 Å². The van der Waals surface area contributed by atoms with Gasteiger partial charge in [-0.05, 0) is 18.2 Å². The number of benzene rings is 2. The predicted octanol–water partition coefficient (Wildman–Crippen LogP) is 2.76. The second kappa shape index (κ2) is 5.99. The third-order valence-electron chi connectivity index (χ3n) is 2.34. The highest BCUT2D eigenvalue weighted by Crippen LogP contribution is 2.13. The Morgan fingerprint density at radius 2 is 1.63 bits per heavy atom. The Kier molecular flexibility index (Phi) is 4.34. The molecule has 6 heteroatoms. The first-order valence-corrected chi connectivity index (χ1v) is 7.72. The van der Waals surface area contributed by atoms with Gasteiger partial charge in [0.05, 0.1) is 11.1 Å². The molecule has 0 atom stereocenters. The van der Waals surface area contributed by atoms with E-state index in [9.17, 15) is 8.42 Å². The van der Waals surface area contributed by atoms with E-state index in [4.69, 9.17) is 0 Å². The first-order chi connectivity index (χ1) is 9.09. The quantitative estimate of drug-likeness (QED) is 0.688. The van der Waals surface area contributed by atoms with E-state index in [0.717, 1.165) is 10.0 Å². The Hall–Kier alpha value is -1.66. The van der Waals surface area contributed by atoms with Crippen molar-refractivity contribution < 1.29 is 8.42 Å². The molecule has 0 aliphatic rings. The van der Waals surface area contributed by atoms with Gasteiger partial charge >= 0.3 is 0 Å². The van der Waals surface area contributed by atoms with Crippen molar-refractivity contribution in [2.75, 3.05) is 0 Å². The minimum atomic E-state index is -3.61. The molecule has 0 saturated carbocycles. The van der Waals surface area contributed by atoms with Crippen LogP contribution in [-0.4, -0.2) is 14.6 Å². The Labute approximate surface area is 120 Å². The molecule has 0 radical (unpaired) electrons. The van der Waals surface area contributed by atoms with Crippen molar-refractivity contribution in [1.29, 1.82) is 0 Å². The number of sulfonamides is 1. The third kappa shape index (κ3) is 3.65. The molecule has 19 heavy (non-hydrogen) atoms. The molecule has 0 heterocycles. The molecule has 2 rings (SSSR count). The van der Waals surface area contributed by atoms with Gasteiger partial charge in [0.1, 0.15) is 0 Å². The van der Waals surface area contributed by atoms with E-state index in [1.165, 1.54) is 18.3 Å². The van der Waals surface area contributed by atoms with E-state index in [1.54, 1.807) is 18.2 Å². The molecule has 2 aromatic carbocycles. The first kappa shape index (κ1) is 13.8. The molecular weight excluding hydrogens is 328 g/mol. The van der Waals surface area contributed by atoms with Gasteiger partial charge in [-0.2, -0.15) is 13.5 Å². The van der Waals surface area contributed by atoms with Crippen molar-refractivity contribution >= 4 is 32.2 Å². The minimum absolute atomic E-state index is 0.180. The van der Waals surface area contributed by atoms with Crippen LogP contribution in [-0.2, 0) is 10.0 Å². The molecular formula is C13H11BrN2O2S. The van der Waals surface area contributed by atoms with Crippen LogP contribution in [0.4, 0.5) is 0 Å². The highest BCUT2D eigenvalue weighted by Gasteiger charge is 2.10. The number of hydrogen-bond donors (Lipinski definition) is 1. The summed E-state index contributed by atoms with van der Waals surface area (Å²) in [4.78, 5) is 2.35. The molecule has 0 saturated heterocycles. The van der Waals surface area contributed by atoms with Crippen molar-refractivity contribution in [1.82, 2.24) is 4.83 Å². The minimum Gasteiger partial charge on any atom is -0.200 e. The number of hydrogen-bond acceptors (Lipinski definition) is 3. The van der Waals surface area contributed by atoms with E-state index < -0.39 is 10.0 Å². The number of hydrazone groups is 1. The van der Waals surface area contributed by atoms with Crippen LogP contribution in [0, 0.1) is 0 Å². The number of nitrogens with one attached hydrogen (secondary N) is 1. The molecule has 0 amide bonds. The van der Waals surface area contributed by atoms with Gasteiger partial charge in [-0.1, -0.05) is 52.3 Å². The van der Waals surface area contributed by atoms with Gasteiger partial charge in [0.15, 0.2) is 0 Å². The van der Waals surface area contributed by atoms with Crippen molar-refractivity contribution in [2.24, 2.45) is 5.10 Å². The van der Waals surface area contributed by atoms with Crippen LogP contribution in [0.2, 0.25) is 0 Å². The molecule has 98 valence electrons. The Bertz CT molecular complexity index is 685. The molecule has 2 aromatic rings. The highest BCUT2D eigenvalue weighted by atomic mass is 79.9. The van der Waals surface area contributed by atoms with Crippen LogP contribution in [0.5, 0.6) is 0 Å². The summed E-state index contributed by atoms with van der Waals surface area (Å²) in [7, 11) is -3.61. The van der Waals surface area contributed by atoms with Gasteiger partial charge in [-0.15, -0.1) is 0 Å². The maximum Gasteiger partial charge on any atom is 0.276 e. The summed E-state index contributed by atoms with van der Waals surface area (Å²) in [6.45, 7) is 0. The fourth-order valence-electron chi connectivity index (χ4n) is 1.40. The number of nitrogens with zero attached hydrogens (tertiary/aromatic N) is 1. The molecule has 0 fully saturated rings. The fourth-order valence-corrected chi connectivity index (χ4v) is 2.60. The fraction of sp³-hybridized carbons (Fsp3) is 0. The topological polar surface area (TPSA) is 58.5 Å². The Balaban J connectivity index is 2.13. The third-order valence-corrected chi connectivity index (χ3v) is 4.30. The summed E-state index contributed by atoms with van der Waals surface area (Å²) in [5.41, 5.74) is 0.790. The Morgan fingerprint density at radius 1 is 1.00 bits per heavy atom. The van der Waals surface area contributed by atoms with Gasteiger partial charge in [0.2, 0.25) is 0 Å². The van der Waals surface area contributed by atoms with Crippen LogP contribution >= 0.6 is 15.9 Å². The van der Waals surface area contributed by atoms with Crippen LogP contribution in [0.1, 0.15) is 5.56 Å². The highest BCUT2D eigenvalue weighted by molar-refractivity contribution is 9.10. The van der Waals surface area contributed by atoms with E-state index in [-0.39, 0.29) is 4.90 Å². The van der Waals surface area contributed by atoms with Crippen LogP contribution < -0.4 is 4.83 Å². The normalized spacial score (nSPS) is 11.6. The SMILES string of the molecule is O=S(=O)(N/N=C\c1ccccc1Br)c1ccccc1. The molecule has 0 spiro atoms. The summed E-state index contributed by atoms with van der Waals surface area (Å²) < 4.78 is 24.6. The number of rotatable bonds is 4. The second-order valence-electron chi connectivity index (χ2n) is 3.69. The smallest absolute Gasteiger partial charge is 0.200 e. The summed E-state index contributed by atoms with van der Waals surface area (Å²) in [6, 6.07) is 15.5. The lowest BCUT2D eigenvalue weighted by Gasteiger charge is -2.02. The van der Waals surface area contributed by atoms with E-state index in [2.05, 4.69) is 25.9 Å². The molecule has 1 N–H and O–H groups in total. The summed E-state index contributed by atoms with van der Waals surface area (Å²) >= 11 is 3.35. The summed E-state index contributed by atoms with van der Waals surface area (Å²) in [6.07, 6.45) is 1.45. The standard InChI is InChI=1S/C13H11BrN2O2S/c14-13-9-5-4-6-11(13)10-15-16-19(17,18)12-7-2-1-3-8-12/h1-10,16H/b15-10-. The maximum atomic E-state index is 11.9. The molecule has 0 unspecified atom stereocenters. The Morgan fingerprint density at radius 3 is 2.32 bits per heavy atom. The number of halogens is 1. The summed E-state index contributed by atoms with van der Waals surface area (Å²) in [5.74, 6) is 0. The first-order valence-electron chi connectivity index (χ1n) is 5.44. The van der Waals surface area contributed by atoms with E-state index in [1.807, 2.05) is 24.3 Å². The van der Waals surface area contributed by atoms with Crippen LogP contribution in [0.25, 0.3) is 0 Å². The van der Waals surface area contributed by atoms with Gasteiger partial charge in [-0.3, -0.25) is 0 Å². The summed E-state index contributed by atoms with van der Waals surface area (Å²) in [5, 5.41) is 3.76. The molecule has 0 bridgehead atoms. The lowest BCUT2D eigenvalue weighted by atomic mass is 10.2. The zero-order valence-corrected chi connectivity index (χ0v) is 12.2. The maximum absolute atomic E-state index is 11.9. The molecule has 0 aliphatic carbocycles. The van der Waals surface area contributed by atoms with Gasteiger partial charge in [0, 0.05) is 10.0 Å². The van der Waals surface area contributed by atoms with E-state index >= 15 is 0 Å². The zero-order chi connectivity index (χ0) is 13.7. The van der Waals surface area contributed by atoms with Crippen LogP contribution in [0.15, 0.2) is 69.1 Å². The second-order valence-corrected chi connectivity index (χ2v) is 6.20. The van der Waals surface area contributed by atoms with Gasteiger partial charge in [-0.25, -0.2) is 4.83 Å². The van der Waals surface area contributed by atoms with Crippen LogP contribution in [0.3, 0.4) is 0 Å². The van der Waals surface area contributed by atoms with Gasteiger partial charge < -0.3 is 0 Å². The molecule has 0 aromatic heterocycles. The van der Waals surface area contributed by atoms with Crippen molar-refractivity contribution in [2.45, 2.75) is 4.90 Å². The van der Waals surface area contributed by atoms with E-state index in [0.29, 0.717) is 0 Å². The molecule has 0 aliphatic heterocycles. The monoisotopic (exact) mass is 338 g/mol. The van der Waals surface area contributed by atoms with Crippen molar-refractivity contribution in [3.63, 3.8) is 0 Å². The lowest BCUT2D eigenvalue weighted by molar-refractivity contribution is 0.584. The largest absolute Gasteiger partial charge is 0.276 e. The average Bonchev–Trinajstić information content (AvgIpc) is 2.42. The zero-order valence-electron chi connectivity index (χ0n) is 9.82. The molecule has 4 nitrogen and oxygen atoms in total. The lowest BCUT2D eigenvalue weighted by Crippen LogP contribution is -2.18. The predicted molar refractivity (Wildman–Crippen MR) is 78.5 cm³/mol. The van der Waals surface area contributed by atoms with Crippen molar-refractivity contribution in [3.05, 3.63) is 64.6 Å².